The van der Waals surface area contributed by atoms with Crippen molar-refractivity contribution >= 4 is 5.91 Å². The van der Waals surface area contributed by atoms with Crippen molar-refractivity contribution in [1.29, 1.82) is 0 Å². The second-order valence-corrected chi connectivity index (χ2v) is 7.83. The first-order valence-corrected chi connectivity index (χ1v) is 8.35. The topological polar surface area (TPSA) is 37.9 Å². The third-order valence-corrected chi connectivity index (χ3v) is 6.15. The maximum atomic E-state index is 12.5. The molecule has 0 aliphatic heterocycles. The summed E-state index contributed by atoms with van der Waals surface area (Å²) in [7, 11) is 2.02. The number of nitrogens with one attached hydrogen (secondary N) is 1. The van der Waals surface area contributed by atoms with Gasteiger partial charge in [0.1, 0.15) is 12.4 Å². The number of carbonyl (C=O) groups excluding carboxylic acids is 1. The van der Waals surface area contributed by atoms with E-state index < -0.39 is 0 Å². The molecule has 1 aromatic heterocycles. The van der Waals surface area contributed by atoms with Gasteiger partial charge in [-0.1, -0.05) is 0 Å². The summed E-state index contributed by atoms with van der Waals surface area (Å²) in [5.41, 5.74) is 0.134. The molecule has 4 aliphatic rings. The van der Waals surface area contributed by atoms with Gasteiger partial charge in [0.25, 0.3) is 11.7 Å². The van der Waals surface area contributed by atoms with E-state index in [0.29, 0.717) is 6.54 Å². The Morgan fingerprint density at radius 1 is 1.29 bits per heavy atom. The highest BCUT2D eigenvalue weighted by molar-refractivity contribution is 5.76. The van der Waals surface area contributed by atoms with E-state index in [9.17, 15) is 4.79 Å². The molecule has 21 heavy (non-hydrogen) atoms. The van der Waals surface area contributed by atoms with Crippen LogP contribution < -0.4 is 9.88 Å². The fourth-order valence-corrected chi connectivity index (χ4v) is 5.52. The van der Waals surface area contributed by atoms with Gasteiger partial charge in [0.15, 0.2) is 6.54 Å². The number of aryl methyl sites for hydroxylation is 1. The number of hydrogen-bond donors (Lipinski definition) is 1. The first-order chi connectivity index (χ1) is 10.0. The first kappa shape index (κ1) is 13.4. The van der Waals surface area contributed by atoms with Crippen molar-refractivity contribution in [2.75, 3.05) is 0 Å². The lowest BCUT2D eigenvalue weighted by molar-refractivity contribution is -0.677. The maximum absolute atomic E-state index is 12.5. The molecule has 1 aromatic rings. The van der Waals surface area contributed by atoms with Gasteiger partial charge >= 0.3 is 0 Å². The second-order valence-electron chi connectivity index (χ2n) is 7.83. The van der Waals surface area contributed by atoms with Gasteiger partial charge in [-0.25, -0.2) is 9.13 Å². The summed E-state index contributed by atoms with van der Waals surface area (Å²) >= 11 is 0. The second kappa shape index (κ2) is 4.59. The summed E-state index contributed by atoms with van der Waals surface area (Å²) in [6.45, 7) is 2.51. The van der Waals surface area contributed by atoms with E-state index >= 15 is 0 Å². The minimum atomic E-state index is 0.134. The molecule has 114 valence electrons. The van der Waals surface area contributed by atoms with Crippen LogP contribution in [0.1, 0.15) is 44.3 Å². The molecule has 0 saturated heterocycles. The summed E-state index contributed by atoms with van der Waals surface area (Å²) in [4.78, 5) is 12.5. The molecule has 4 fully saturated rings. The third kappa shape index (κ3) is 2.29. The molecular weight excluding hydrogens is 262 g/mol. The molecular formula is C17H26N3O+. The van der Waals surface area contributed by atoms with Gasteiger partial charge in [-0.3, -0.25) is 4.79 Å². The van der Waals surface area contributed by atoms with Gasteiger partial charge in [0.05, 0.1) is 7.05 Å². The Labute approximate surface area is 126 Å². The summed E-state index contributed by atoms with van der Waals surface area (Å²) in [5.74, 6) is 3.94. The molecule has 4 saturated carbocycles. The molecule has 4 heteroatoms. The molecule has 4 nitrogen and oxygen atoms in total. The van der Waals surface area contributed by atoms with Crippen LogP contribution in [0.4, 0.5) is 0 Å². The van der Waals surface area contributed by atoms with Crippen LogP contribution in [-0.4, -0.2) is 16.0 Å². The van der Waals surface area contributed by atoms with E-state index in [1.165, 1.54) is 38.5 Å². The van der Waals surface area contributed by atoms with Crippen LogP contribution in [0.25, 0.3) is 0 Å². The number of rotatable bonds is 3. The zero-order valence-electron chi connectivity index (χ0n) is 13.1. The van der Waals surface area contributed by atoms with Gasteiger partial charge in [0.2, 0.25) is 0 Å². The maximum Gasteiger partial charge on any atom is 0.262 e. The van der Waals surface area contributed by atoms with Crippen LogP contribution in [0.5, 0.6) is 0 Å². The average molecular weight is 288 g/mol. The lowest BCUT2D eigenvalue weighted by Crippen LogP contribution is -2.60. The Bertz CT molecular complexity index is 539. The van der Waals surface area contributed by atoms with E-state index in [-0.39, 0.29) is 11.4 Å². The number of imidazole rings is 1. The smallest absolute Gasteiger partial charge is 0.262 e. The predicted octanol–water partition coefficient (Wildman–Crippen LogP) is 1.71. The Kier molecular flexibility index (Phi) is 2.92. The third-order valence-electron chi connectivity index (χ3n) is 6.15. The van der Waals surface area contributed by atoms with Crippen LogP contribution in [0.15, 0.2) is 12.4 Å². The van der Waals surface area contributed by atoms with Gasteiger partial charge in [-0.2, -0.15) is 0 Å². The van der Waals surface area contributed by atoms with Crippen molar-refractivity contribution < 1.29 is 9.36 Å². The zero-order valence-corrected chi connectivity index (χ0v) is 13.1. The summed E-state index contributed by atoms with van der Waals surface area (Å²) in [5, 5.41) is 3.44. The molecule has 4 bridgehead atoms. The van der Waals surface area contributed by atoms with E-state index in [2.05, 4.69) is 16.8 Å². The minimum absolute atomic E-state index is 0.134. The highest BCUT2D eigenvalue weighted by Gasteiger charge is 2.51. The molecule has 1 amide bonds. The number of nitrogens with zero attached hydrogens (tertiary/aromatic N) is 2. The molecule has 0 unspecified atom stereocenters. The Hall–Kier alpha value is -1.32. The number of aromatic nitrogens is 2. The van der Waals surface area contributed by atoms with E-state index in [1.54, 1.807) is 0 Å². The predicted molar refractivity (Wildman–Crippen MR) is 79.4 cm³/mol. The summed E-state index contributed by atoms with van der Waals surface area (Å²) < 4.78 is 4.09. The van der Waals surface area contributed by atoms with Crippen molar-refractivity contribution in [2.45, 2.75) is 57.5 Å². The number of carbonyl (C=O) groups is 1. The Balaban J connectivity index is 1.46. The number of amides is 1. The lowest BCUT2D eigenvalue weighted by Gasteiger charge is -2.56. The van der Waals surface area contributed by atoms with Gasteiger partial charge in [0, 0.05) is 12.5 Å². The fraction of sp³-hybridized carbons (Fsp3) is 0.765. The van der Waals surface area contributed by atoms with Crippen molar-refractivity contribution in [1.82, 2.24) is 9.88 Å². The number of hydrogen-bond acceptors (Lipinski definition) is 1. The Morgan fingerprint density at radius 2 is 1.86 bits per heavy atom. The molecule has 4 aliphatic carbocycles. The van der Waals surface area contributed by atoms with Gasteiger partial charge in [-0.15, -0.1) is 0 Å². The van der Waals surface area contributed by atoms with Crippen molar-refractivity contribution in [2.24, 2.45) is 24.8 Å². The van der Waals surface area contributed by atoms with E-state index in [4.69, 9.17) is 0 Å². The quantitative estimate of drug-likeness (QED) is 0.845. The lowest BCUT2D eigenvalue weighted by atomic mass is 9.53. The van der Waals surface area contributed by atoms with Crippen LogP contribution >= 0.6 is 0 Å². The standard InChI is InChI=1S/C17H25N3O/c1-12-19(2)3-4-20(12)11-16(21)18-17-8-13-5-14(9-17)7-15(6-13)10-17/h3-4,13-15H,5-11H2,1-2H3/p+1. The summed E-state index contributed by atoms with van der Waals surface area (Å²) in [6, 6.07) is 0. The average Bonchev–Trinajstić information content (AvgIpc) is 2.68. The van der Waals surface area contributed by atoms with Crippen molar-refractivity contribution in [3.05, 3.63) is 18.2 Å². The van der Waals surface area contributed by atoms with E-state index in [1.807, 2.05) is 24.0 Å². The Morgan fingerprint density at radius 3 is 2.33 bits per heavy atom. The zero-order chi connectivity index (χ0) is 14.6. The monoisotopic (exact) mass is 288 g/mol. The highest BCUT2D eigenvalue weighted by atomic mass is 16.2. The molecule has 0 radical (unpaired) electrons. The molecule has 1 N–H and O–H groups in total. The highest BCUT2D eigenvalue weighted by Crippen LogP contribution is 2.55. The van der Waals surface area contributed by atoms with Gasteiger partial charge in [-0.05, 0) is 56.3 Å². The largest absolute Gasteiger partial charge is 0.347 e. The minimum Gasteiger partial charge on any atom is -0.347 e. The molecule has 0 aromatic carbocycles. The fourth-order valence-electron chi connectivity index (χ4n) is 5.52. The van der Waals surface area contributed by atoms with Crippen LogP contribution in [0.2, 0.25) is 0 Å². The van der Waals surface area contributed by atoms with Crippen molar-refractivity contribution in [3.63, 3.8) is 0 Å². The molecule has 0 atom stereocenters. The van der Waals surface area contributed by atoms with Crippen LogP contribution in [-0.2, 0) is 18.4 Å². The molecule has 5 rings (SSSR count). The normalized spacial score (nSPS) is 37.0. The van der Waals surface area contributed by atoms with Crippen LogP contribution in [0, 0.1) is 24.7 Å². The SMILES string of the molecule is Cc1n(CC(=O)NC23CC4CC(CC(C4)C2)C3)cc[n+]1C. The molecule has 0 spiro atoms. The van der Waals surface area contributed by atoms with Crippen molar-refractivity contribution in [3.8, 4) is 0 Å². The molecule has 1 heterocycles. The first-order valence-electron chi connectivity index (χ1n) is 8.35. The summed E-state index contributed by atoms with van der Waals surface area (Å²) in [6.07, 6.45) is 11.9. The van der Waals surface area contributed by atoms with Gasteiger partial charge < -0.3 is 5.32 Å². The van der Waals surface area contributed by atoms with Crippen LogP contribution in [0.3, 0.4) is 0 Å². The van der Waals surface area contributed by atoms with E-state index in [0.717, 1.165) is 23.6 Å².